The molecular weight excluding hydrogens is 2070 g/mol. The average molecular weight is 2180 g/mol. The fourth-order valence-electron chi connectivity index (χ4n) is 10.6. The van der Waals surface area contributed by atoms with Gasteiger partial charge in [-0.05, 0) is 108 Å². The first-order valence-corrected chi connectivity index (χ1v) is 45.7. The van der Waals surface area contributed by atoms with Gasteiger partial charge in [0.25, 0.3) is 69.6 Å². The summed E-state index contributed by atoms with van der Waals surface area (Å²) < 4.78 is 20.4. The second-order valence-corrected chi connectivity index (χ2v) is 32.8. The Kier molecular flexibility index (Phi) is 56.7. The molecule has 0 radical (unpaired) electrons. The number of amides is 13. The monoisotopic (exact) mass is 2170 g/mol. The zero-order valence-electron chi connectivity index (χ0n) is 78.2. The summed E-state index contributed by atoms with van der Waals surface area (Å²) in [5.74, 6) is -6.30. The van der Waals surface area contributed by atoms with Crippen LogP contribution < -0.4 is 120 Å². The Labute approximate surface area is 892 Å². The Morgan fingerprint density at radius 3 is 0.807 bits per heavy atom. The molecule has 0 bridgehead atoms. The minimum Gasteiger partial charge on any atom is -0.493 e. The van der Waals surface area contributed by atoms with Crippen molar-refractivity contribution < 1.29 is 90.9 Å². The summed E-state index contributed by atoms with van der Waals surface area (Å²) in [6, 6.07) is 78.6. The highest BCUT2D eigenvalue weighted by Gasteiger charge is 2.26. The number of thiocarbonyl (C=S) groups is 2. The van der Waals surface area contributed by atoms with Crippen molar-refractivity contribution in [2.75, 3.05) is 45.2 Å². The van der Waals surface area contributed by atoms with Crippen LogP contribution >= 0.6 is 81.6 Å². The molecule has 0 saturated heterocycles. The first-order valence-electron chi connectivity index (χ1n) is 41.6. The van der Waals surface area contributed by atoms with Crippen LogP contribution in [0.4, 0.5) is 15.0 Å². The average Bonchev–Trinajstić information content (AvgIpc) is 1.64. The molecule has 50 heteroatoms. The highest BCUT2D eigenvalue weighted by atomic mass is 35.5. The van der Waals surface area contributed by atoms with Crippen LogP contribution in [0.3, 0.4) is 0 Å². The van der Waals surface area contributed by atoms with E-state index in [0.29, 0.717) is 92.0 Å². The van der Waals surface area contributed by atoms with Gasteiger partial charge in [0, 0.05) is 55.6 Å². The molecule has 0 aliphatic rings. The van der Waals surface area contributed by atoms with E-state index in [1.165, 1.54) is 74.6 Å². The number of primary amides is 8. The molecule has 0 spiro atoms. The van der Waals surface area contributed by atoms with Crippen molar-refractivity contribution in [1.29, 1.82) is 15.8 Å². The number of carbonyl (C=O) groups is 15. The van der Waals surface area contributed by atoms with E-state index < -0.39 is 117 Å². The van der Waals surface area contributed by atoms with Crippen molar-refractivity contribution in [1.82, 2.24) is 36.2 Å². The van der Waals surface area contributed by atoms with E-state index in [2.05, 4.69) is 71.7 Å². The van der Waals surface area contributed by atoms with Crippen molar-refractivity contribution in [2.45, 2.75) is 45.1 Å². The van der Waals surface area contributed by atoms with E-state index in [1.54, 1.807) is 188 Å². The number of methoxy groups -OCH3 is 4. The van der Waals surface area contributed by atoms with Gasteiger partial charge in [0.15, 0.2) is 70.3 Å². The number of thiazole rings is 3. The second-order valence-electron chi connectivity index (χ2n) is 28.1. The number of nitrogens with two attached hydrogens (primary N) is 13. The van der Waals surface area contributed by atoms with Gasteiger partial charge in [0.1, 0.15) is 40.0 Å². The summed E-state index contributed by atoms with van der Waals surface area (Å²) in [5, 5.41) is 38.8. The number of nitrogens with zero attached hydrogens (tertiary/aromatic N) is 6. The number of aromatic nitrogens is 3. The molecule has 3 aromatic heterocycles. The maximum Gasteiger partial charge on any atom is 0.270 e. The highest BCUT2D eigenvalue weighted by molar-refractivity contribution is 7.80. The number of ether oxygens (including phenoxy) is 4. The lowest BCUT2D eigenvalue weighted by atomic mass is 10.2. The third-order valence-corrected chi connectivity index (χ3v) is 21.6. The Morgan fingerprint density at radius 2 is 0.580 bits per heavy atom. The highest BCUT2D eigenvalue weighted by Crippen LogP contribution is 2.35. The molecule has 150 heavy (non-hydrogen) atoms. The van der Waals surface area contributed by atoms with Gasteiger partial charge in [0.05, 0.1) is 46.6 Å². The van der Waals surface area contributed by atoms with E-state index in [0.717, 1.165) is 16.7 Å². The molecule has 5 atom stereocenters. The molecular formula is C100H102Cl2N24O19S5. The fourth-order valence-corrected chi connectivity index (χ4v) is 13.8. The predicted octanol–water partition coefficient (Wildman–Crippen LogP) is 8.60. The summed E-state index contributed by atoms with van der Waals surface area (Å²) in [6.45, 7) is 0. The van der Waals surface area contributed by atoms with Gasteiger partial charge in [-0.2, -0.15) is 15.8 Å². The second kappa shape index (κ2) is 66.9. The van der Waals surface area contributed by atoms with Crippen LogP contribution in [0.1, 0.15) is 119 Å². The lowest BCUT2D eigenvalue weighted by Crippen LogP contribution is -2.51. The van der Waals surface area contributed by atoms with E-state index >= 15 is 0 Å². The quantitative estimate of drug-likeness (QED) is 0.0154. The van der Waals surface area contributed by atoms with Gasteiger partial charge in [-0.15, -0.1) is 0 Å². The van der Waals surface area contributed by atoms with Crippen molar-refractivity contribution in [3.63, 3.8) is 0 Å². The van der Waals surface area contributed by atoms with Crippen molar-refractivity contribution in [2.24, 2.45) is 63.1 Å². The Balaban J connectivity index is 0.000000571. The van der Waals surface area contributed by atoms with Crippen LogP contribution in [0.5, 0.6) is 23.0 Å². The van der Waals surface area contributed by atoms with E-state index in [-0.39, 0.29) is 41.9 Å². The smallest absolute Gasteiger partial charge is 0.270 e. The number of nitrogens with one attached hydrogen (secondary N) is 5. The number of carbonyl (C=O) groups excluding carboxylic acids is 15. The maximum atomic E-state index is 12.6. The number of anilines is 3. The summed E-state index contributed by atoms with van der Waals surface area (Å²) in [7, 11) is 6.03. The molecule has 13 aromatic rings. The number of rotatable bonds is 29. The first-order chi connectivity index (χ1) is 70.4. The normalized spacial score (nSPS) is 10.5. The molecule has 0 aliphatic carbocycles. The van der Waals surface area contributed by atoms with Gasteiger partial charge in [-0.3, -0.25) is 71.9 Å². The van der Waals surface area contributed by atoms with Crippen LogP contribution in [0.25, 0.3) is 31.7 Å². The molecule has 13 amide bonds. The lowest BCUT2D eigenvalue weighted by Gasteiger charge is -2.13. The zero-order chi connectivity index (χ0) is 110. The summed E-state index contributed by atoms with van der Waals surface area (Å²) in [6.07, 6.45) is 0. The van der Waals surface area contributed by atoms with E-state index in [4.69, 9.17) is 127 Å². The minimum atomic E-state index is -1.29. The van der Waals surface area contributed by atoms with Gasteiger partial charge < -0.3 is 120 Å². The van der Waals surface area contributed by atoms with Crippen LogP contribution in [-0.4, -0.2) is 171 Å². The molecule has 43 nitrogen and oxygen atoms in total. The van der Waals surface area contributed by atoms with Gasteiger partial charge >= 0.3 is 0 Å². The molecule has 0 aliphatic heterocycles. The summed E-state index contributed by atoms with van der Waals surface area (Å²) >= 11 is 23.4. The maximum absolute atomic E-state index is 12.6. The number of nitriles is 3. The fraction of sp³-hybridized carbons (Fsp3) is 0.110. The molecule has 5 unspecified atom stereocenters. The molecule has 0 saturated carbocycles. The Morgan fingerprint density at radius 1 is 0.320 bits per heavy atom. The van der Waals surface area contributed by atoms with Crippen LogP contribution in [-0.2, 0) is 24.0 Å². The van der Waals surface area contributed by atoms with Gasteiger partial charge in [-0.25, -0.2) is 15.0 Å². The van der Waals surface area contributed by atoms with Gasteiger partial charge in [0.2, 0.25) is 17.7 Å². The SMILES string of the molecule is C.C.COc1ccc(C(=O)Cl)cc1OC.COc1ccc(C(=O)Nc2sc(-c3ccccc3)nc2C(N)=O)cc1OC.N#CC(N)C(N)=O.N#CC(NC(=O)c1ccccc1)C(N)=O.N#CC(NC(=O)c1ccccc1)C(N)=O.NC(=O)C(NC(=O)c1ccccc1)C(N)=S.NC(=O)C(NC(=O)c1ccccc1)C(N)=S.NC(=O)c1nc(-c2ccccc2)sc1N.NC(=O)c1nc(-c2ccccc2)sc1N.O=C(Cl)c1ccccc1. The molecule has 13 rings (SSSR count). The first kappa shape index (κ1) is 127. The molecule has 780 valence electrons. The minimum absolute atomic E-state index is 0. The topological polar surface area (TPSA) is 801 Å². The molecule has 31 N–H and O–H groups in total. The summed E-state index contributed by atoms with van der Waals surface area (Å²) in [4.78, 5) is 179. The van der Waals surface area contributed by atoms with Crippen LogP contribution in [0, 0.1) is 34.0 Å². The predicted molar refractivity (Wildman–Crippen MR) is 579 cm³/mol. The van der Waals surface area contributed by atoms with E-state index in [1.807, 2.05) is 97.1 Å². The number of hydrogen-bond donors (Lipinski definition) is 18. The molecule has 3 heterocycles. The summed E-state index contributed by atoms with van der Waals surface area (Å²) in [5.41, 5.74) is 72.6. The van der Waals surface area contributed by atoms with Crippen molar-refractivity contribution in [3.8, 4) is 72.9 Å². The Hall–Kier alpha value is -18.9. The zero-order valence-corrected chi connectivity index (χ0v) is 83.8. The third kappa shape index (κ3) is 43.4. The number of hydrogen-bond acceptors (Lipinski definition) is 33. The largest absolute Gasteiger partial charge is 0.493 e. The van der Waals surface area contributed by atoms with Crippen molar-refractivity contribution in [3.05, 3.63) is 335 Å². The number of nitrogen functional groups attached to an aromatic ring is 2. The number of halogens is 2. The standard InChI is InChI=1S/C19H17N3O4S.2C10H11N3O2S.2C10H9N3O2.2C10H9N3OS.C9H9ClO3.C7H5ClO.C3H5N3O.2CH4/c1-25-13-9-8-12(10-14(13)26-2)17(24)22-19-15(16(20)23)21-18(27-19)11-6-4-3-5-7-11;2*11-8(14)7(9(12)16)13-10(15)6-4-2-1-3-5-6;2*11-6-8(9(12)14)13-10(15)7-4-2-1-3-5-7;2*11-8(14)7-9(12)15-10(13-7)6-4-2-1-3-5-6;1-12-7-4-3-6(9(10)11)5-8(7)13-2;8-7(9)6-4-2-1-3-5-6;4-1-2(5)3(6)7;;/h3-10H,1-2H3,(H2,20,23)(H,22,24);2*1-5,7H,(H2,11,14)(H2,12,16)(H,13,15);2*1-5,8H,(H2,12,14)(H,13,15);2*1-5H,12H2,(H2,11,14);3-5H,1-2H3;1-5H;2H,5H2,(H2,6,7);2*1H4. The van der Waals surface area contributed by atoms with Crippen LogP contribution in [0.15, 0.2) is 279 Å². The van der Waals surface area contributed by atoms with Crippen molar-refractivity contribution >= 4 is 194 Å². The third-order valence-electron chi connectivity index (χ3n) is 17.8. The van der Waals surface area contributed by atoms with Gasteiger partial charge in [-0.1, -0.05) is 267 Å². The Bertz CT molecular complexity index is 6640. The van der Waals surface area contributed by atoms with E-state index in [9.17, 15) is 71.9 Å². The molecule has 10 aromatic carbocycles. The molecule has 0 fully saturated rings. The lowest BCUT2D eigenvalue weighted by molar-refractivity contribution is -0.119. The number of benzene rings is 10. The van der Waals surface area contributed by atoms with Crippen LogP contribution in [0.2, 0.25) is 0 Å².